The van der Waals surface area contributed by atoms with Crippen molar-refractivity contribution in [2.45, 2.75) is 44.3 Å². The maximum absolute atomic E-state index is 15.7. The first kappa shape index (κ1) is 16.8. The number of primary amides is 1. The van der Waals surface area contributed by atoms with Crippen LogP contribution in [0.25, 0.3) is 0 Å². The molecule has 1 aliphatic carbocycles. The van der Waals surface area contributed by atoms with Crippen molar-refractivity contribution in [1.29, 1.82) is 0 Å². The van der Waals surface area contributed by atoms with E-state index in [0.717, 1.165) is 23.5 Å². The molecule has 0 bridgehead atoms. The van der Waals surface area contributed by atoms with Gasteiger partial charge in [-0.05, 0) is 38.3 Å². The number of benzene rings is 1. The maximum atomic E-state index is 15.7. The molecule has 1 radical (unpaired) electrons. The fourth-order valence-electron chi connectivity index (χ4n) is 4.04. The van der Waals surface area contributed by atoms with Crippen LogP contribution in [0.3, 0.4) is 0 Å². The lowest BCUT2D eigenvalue weighted by Gasteiger charge is -2.39. The number of rotatable bonds is 2. The molecule has 1 aromatic carbocycles. The van der Waals surface area contributed by atoms with Gasteiger partial charge in [-0.1, -0.05) is 12.8 Å². The van der Waals surface area contributed by atoms with Crippen molar-refractivity contribution in [2.24, 2.45) is 11.1 Å². The minimum atomic E-state index is -2.24. The van der Waals surface area contributed by atoms with E-state index in [9.17, 15) is 18.4 Å². The number of carbonyl (C=O) groups excluding carboxylic acids is 2. The van der Waals surface area contributed by atoms with Gasteiger partial charge in [0.2, 0.25) is 11.8 Å². The molecule has 2 amide bonds. The highest BCUT2D eigenvalue weighted by Gasteiger charge is 2.69. The normalized spacial score (nSPS) is 29.2. The number of carbonyl (C=O) groups is 2. The van der Waals surface area contributed by atoms with Crippen LogP contribution in [0.1, 0.15) is 32.6 Å². The van der Waals surface area contributed by atoms with Crippen molar-refractivity contribution in [3.63, 3.8) is 0 Å². The van der Waals surface area contributed by atoms with Gasteiger partial charge in [0.15, 0.2) is 5.67 Å². The Morgan fingerprint density at radius 2 is 1.92 bits per heavy atom. The van der Waals surface area contributed by atoms with Crippen LogP contribution in [-0.2, 0) is 9.59 Å². The van der Waals surface area contributed by atoms with Gasteiger partial charge >= 0.3 is 0 Å². The second kappa shape index (κ2) is 5.50. The predicted molar refractivity (Wildman–Crippen MR) is 81.5 cm³/mol. The van der Waals surface area contributed by atoms with Crippen molar-refractivity contribution in [1.82, 2.24) is 0 Å². The number of hydrogen-bond donors (Lipinski definition) is 1. The number of halogens is 3. The zero-order chi connectivity index (χ0) is 17.7. The Bertz CT molecular complexity index is 679. The van der Waals surface area contributed by atoms with E-state index in [4.69, 9.17) is 5.73 Å². The molecule has 2 N–H and O–H groups in total. The highest BCUT2D eigenvalue weighted by Crippen LogP contribution is 2.56. The van der Waals surface area contributed by atoms with E-state index in [-0.39, 0.29) is 18.5 Å². The van der Waals surface area contributed by atoms with Crippen molar-refractivity contribution in [2.75, 3.05) is 4.90 Å². The average Bonchev–Trinajstić information content (AvgIpc) is 2.65. The van der Waals surface area contributed by atoms with Gasteiger partial charge in [-0.2, -0.15) is 0 Å². The quantitative estimate of drug-likeness (QED) is 0.900. The summed E-state index contributed by atoms with van der Waals surface area (Å²) in [6.07, 6.45) is 3.58. The van der Waals surface area contributed by atoms with Gasteiger partial charge in [0.25, 0.3) is 0 Å². The molecular formula is C17H18F3N2O2. The van der Waals surface area contributed by atoms with Crippen molar-refractivity contribution in [3.05, 3.63) is 36.3 Å². The molecule has 1 aliphatic heterocycles. The van der Waals surface area contributed by atoms with Gasteiger partial charge in [-0.25, -0.2) is 13.2 Å². The van der Waals surface area contributed by atoms with E-state index in [1.807, 2.05) is 6.42 Å². The van der Waals surface area contributed by atoms with Gasteiger partial charge in [-0.15, -0.1) is 0 Å². The molecule has 129 valence electrons. The van der Waals surface area contributed by atoms with Gasteiger partial charge in [0.1, 0.15) is 17.7 Å². The lowest BCUT2D eigenvalue weighted by Crippen LogP contribution is -2.53. The van der Waals surface area contributed by atoms with Crippen LogP contribution in [0, 0.1) is 23.5 Å². The van der Waals surface area contributed by atoms with Gasteiger partial charge in [0.05, 0.1) is 11.1 Å². The molecule has 0 aromatic heterocycles. The maximum Gasteiger partial charge on any atom is 0.243 e. The van der Waals surface area contributed by atoms with Crippen molar-refractivity contribution in [3.8, 4) is 0 Å². The summed E-state index contributed by atoms with van der Waals surface area (Å²) in [5.41, 5.74) is 1.48. The summed E-state index contributed by atoms with van der Waals surface area (Å²) in [6, 6.07) is 0.830. The Hall–Kier alpha value is -2.05. The Morgan fingerprint density at radius 3 is 2.42 bits per heavy atom. The van der Waals surface area contributed by atoms with E-state index in [1.165, 1.54) is 6.92 Å². The molecule has 1 heterocycles. The largest absolute Gasteiger partial charge is 0.368 e. The first-order chi connectivity index (χ1) is 11.2. The molecule has 2 fully saturated rings. The summed E-state index contributed by atoms with van der Waals surface area (Å²) in [6.45, 7) is 1.18. The predicted octanol–water partition coefficient (Wildman–Crippen LogP) is 2.66. The van der Waals surface area contributed by atoms with Crippen LogP contribution in [0.5, 0.6) is 0 Å². The number of alkyl halides is 1. The van der Waals surface area contributed by atoms with Crippen LogP contribution >= 0.6 is 0 Å². The Kier molecular flexibility index (Phi) is 3.85. The Balaban J connectivity index is 2.17. The number of amides is 2. The summed E-state index contributed by atoms with van der Waals surface area (Å²) in [4.78, 5) is 25.8. The highest BCUT2D eigenvalue weighted by molar-refractivity contribution is 6.09. The molecule has 24 heavy (non-hydrogen) atoms. The van der Waals surface area contributed by atoms with E-state index in [1.54, 1.807) is 0 Å². The monoisotopic (exact) mass is 339 g/mol. The SMILES string of the molecule is CC1(F)C(C(N)=O)N(c2cc(F)cc(F)c2)C(=O)C12C[CH]CCC2. The number of hydrogen-bond acceptors (Lipinski definition) is 2. The second-order valence-corrected chi connectivity index (χ2v) is 6.65. The molecular weight excluding hydrogens is 321 g/mol. The average molecular weight is 339 g/mol. The molecule has 1 aromatic rings. The first-order valence-corrected chi connectivity index (χ1v) is 7.80. The molecule has 3 unspecified atom stereocenters. The van der Waals surface area contributed by atoms with E-state index >= 15 is 4.39 Å². The minimum Gasteiger partial charge on any atom is -0.368 e. The Morgan fingerprint density at radius 1 is 1.29 bits per heavy atom. The van der Waals surface area contributed by atoms with Gasteiger partial charge in [0, 0.05) is 6.07 Å². The van der Waals surface area contributed by atoms with Crippen LogP contribution in [0.15, 0.2) is 18.2 Å². The fourth-order valence-corrected chi connectivity index (χ4v) is 4.04. The third-order valence-corrected chi connectivity index (χ3v) is 5.24. The fraction of sp³-hybridized carbons (Fsp3) is 0.471. The number of nitrogens with zero attached hydrogens (tertiary/aromatic N) is 1. The van der Waals surface area contributed by atoms with Crippen LogP contribution < -0.4 is 10.6 Å². The third kappa shape index (κ3) is 2.21. The van der Waals surface area contributed by atoms with Crippen molar-refractivity contribution >= 4 is 17.5 Å². The van der Waals surface area contributed by atoms with E-state index in [0.29, 0.717) is 12.5 Å². The summed E-state index contributed by atoms with van der Waals surface area (Å²) < 4.78 is 42.8. The van der Waals surface area contributed by atoms with Crippen molar-refractivity contribution < 1.29 is 22.8 Å². The topological polar surface area (TPSA) is 63.4 Å². The standard InChI is InChI=1S/C17H18F3N2O2/c1-16(20)13(14(21)23)22(12-8-10(18)7-11(19)9-12)15(24)17(16)5-3-2-4-6-17/h3,7-9,13H,2,4-6H2,1H3,(H2,21,23). The van der Waals surface area contributed by atoms with Crippen LogP contribution in [0.2, 0.25) is 0 Å². The molecule has 2 aliphatic rings. The lowest BCUT2D eigenvalue weighted by atomic mass is 9.64. The van der Waals surface area contributed by atoms with Crippen LogP contribution in [-0.4, -0.2) is 23.5 Å². The molecule has 3 atom stereocenters. The van der Waals surface area contributed by atoms with E-state index in [2.05, 4.69) is 0 Å². The van der Waals surface area contributed by atoms with Crippen LogP contribution in [0.4, 0.5) is 18.9 Å². The summed E-state index contributed by atoms with van der Waals surface area (Å²) in [5, 5.41) is 0. The molecule has 3 rings (SSSR count). The molecule has 7 heteroatoms. The zero-order valence-electron chi connectivity index (χ0n) is 13.2. The first-order valence-electron chi connectivity index (χ1n) is 7.80. The smallest absolute Gasteiger partial charge is 0.243 e. The summed E-state index contributed by atoms with van der Waals surface area (Å²) in [7, 11) is 0. The van der Waals surface area contributed by atoms with E-state index < -0.39 is 40.6 Å². The minimum absolute atomic E-state index is 0.164. The van der Waals surface area contributed by atoms with Gasteiger partial charge in [-0.3, -0.25) is 14.5 Å². The highest BCUT2D eigenvalue weighted by atomic mass is 19.1. The summed E-state index contributed by atoms with van der Waals surface area (Å²) >= 11 is 0. The second-order valence-electron chi connectivity index (χ2n) is 6.65. The third-order valence-electron chi connectivity index (χ3n) is 5.24. The summed E-state index contributed by atoms with van der Waals surface area (Å²) in [5.74, 6) is -3.53. The number of nitrogens with two attached hydrogens (primary N) is 1. The molecule has 1 saturated carbocycles. The Labute approximate surface area is 137 Å². The molecule has 1 saturated heterocycles. The molecule has 1 spiro atoms. The molecule has 4 nitrogen and oxygen atoms in total. The lowest BCUT2D eigenvalue weighted by molar-refractivity contribution is -0.132. The van der Waals surface area contributed by atoms with Gasteiger partial charge < -0.3 is 5.73 Å². The zero-order valence-corrected chi connectivity index (χ0v) is 13.2. The number of anilines is 1.